The highest BCUT2D eigenvalue weighted by atomic mass is 19.3. The highest BCUT2D eigenvalue weighted by molar-refractivity contribution is 5.87. The Morgan fingerprint density at radius 1 is 1.40 bits per heavy atom. The quantitative estimate of drug-likeness (QED) is 0.785. The summed E-state index contributed by atoms with van der Waals surface area (Å²) in [6.07, 6.45) is 1.97. The third kappa shape index (κ3) is 2.83. The number of aromatic nitrogens is 1. The van der Waals surface area contributed by atoms with Crippen LogP contribution in [0, 0.1) is 0 Å². The summed E-state index contributed by atoms with van der Waals surface area (Å²) < 4.78 is 36.1. The van der Waals surface area contributed by atoms with Crippen molar-refractivity contribution in [3.05, 3.63) is 17.3 Å². The van der Waals surface area contributed by atoms with Crippen LogP contribution in [0.25, 0.3) is 0 Å². The summed E-state index contributed by atoms with van der Waals surface area (Å²) in [6, 6.07) is 0. The summed E-state index contributed by atoms with van der Waals surface area (Å²) in [7, 11) is 0. The zero-order chi connectivity index (χ0) is 14.8. The number of carbonyl (C=O) groups excluding carboxylic acids is 1. The first kappa shape index (κ1) is 14.9. The molecule has 1 heterocycles. The zero-order valence-corrected chi connectivity index (χ0v) is 11.7. The maximum absolute atomic E-state index is 13.0. The van der Waals surface area contributed by atoms with E-state index in [1.807, 2.05) is 6.92 Å². The Bertz CT molecular complexity index is 479. The van der Waals surface area contributed by atoms with Gasteiger partial charge >= 0.3 is 5.97 Å². The molecule has 1 aliphatic carbocycles. The van der Waals surface area contributed by atoms with Gasteiger partial charge in [-0.25, -0.2) is 18.6 Å². The first-order valence-electron chi connectivity index (χ1n) is 6.94. The summed E-state index contributed by atoms with van der Waals surface area (Å²) in [5.41, 5.74) is -0.975. The number of oxazole rings is 1. The number of rotatable bonds is 4. The van der Waals surface area contributed by atoms with Crippen LogP contribution in [0.15, 0.2) is 4.42 Å². The minimum absolute atomic E-state index is 0.106. The number of hydrogen-bond acceptors (Lipinski definition) is 4. The van der Waals surface area contributed by atoms with E-state index in [1.165, 1.54) is 0 Å². The molecule has 0 saturated heterocycles. The standard InChI is InChI=1S/C14H19F2NO3/c1-3-19-12(18)10-9(11(15)16)17-13(20-10)14(2)7-5-4-6-8-14/h11H,3-8H2,1-2H3. The highest BCUT2D eigenvalue weighted by Crippen LogP contribution is 2.40. The zero-order valence-electron chi connectivity index (χ0n) is 11.7. The molecule has 4 nitrogen and oxygen atoms in total. The van der Waals surface area contributed by atoms with Gasteiger partial charge in [0.2, 0.25) is 11.7 Å². The van der Waals surface area contributed by atoms with Crippen molar-refractivity contribution < 1.29 is 22.7 Å². The average molecular weight is 287 g/mol. The van der Waals surface area contributed by atoms with Crippen LogP contribution in [-0.2, 0) is 10.2 Å². The van der Waals surface area contributed by atoms with Crippen LogP contribution in [0.4, 0.5) is 8.78 Å². The Morgan fingerprint density at radius 2 is 2.05 bits per heavy atom. The van der Waals surface area contributed by atoms with E-state index in [2.05, 4.69) is 4.98 Å². The van der Waals surface area contributed by atoms with Gasteiger partial charge in [-0.05, 0) is 19.8 Å². The monoisotopic (exact) mass is 287 g/mol. The van der Waals surface area contributed by atoms with Crippen LogP contribution in [0.1, 0.15) is 74.5 Å². The Morgan fingerprint density at radius 3 is 2.60 bits per heavy atom. The molecule has 1 fully saturated rings. The second-order valence-corrected chi connectivity index (χ2v) is 5.38. The minimum atomic E-state index is -2.85. The van der Waals surface area contributed by atoms with E-state index in [-0.39, 0.29) is 17.9 Å². The van der Waals surface area contributed by atoms with Gasteiger partial charge in [-0.2, -0.15) is 0 Å². The van der Waals surface area contributed by atoms with Gasteiger partial charge < -0.3 is 9.15 Å². The molecule has 1 aromatic heterocycles. The smallest absolute Gasteiger partial charge is 0.376 e. The molecule has 6 heteroatoms. The number of carbonyl (C=O) groups is 1. The molecule has 0 aliphatic heterocycles. The number of hydrogen-bond donors (Lipinski definition) is 0. The number of halogens is 2. The lowest BCUT2D eigenvalue weighted by atomic mass is 9.76. The van der Waals surface area contributed by atoms with Gasteiger partial charge in [0.05, 0.1) is 6.61 Å². The SMILES string of the molecule is CCOC(=O)c1oc(C2(C)CCCCC2)nc1C(F)F. The predicted molar refractivity (Wildman–Crippen MR) is 67.9 cm³/mol. The molecule has 112 valence electrons. The molecule has 0 N–H and O–H groups in total. The van der Waals surface area contributed by atoms with Crippen molar-refractivity contribution in [2.24, 2.45) is 0 Å². The fraction of sp³-hybridized carbons (Fsp3) is 0.714. The fourth-order valence-electron chi connectivity index (χ4n) is 2.63. The van der Waals surface area contributed by atoms with Crippen molar-refractivity contribution in [1.82, 2.24) is 4.98 Å². The molecular weight excluding hydrogens is 268 g/mol. The highest BCUT2D eigenvalue weighted by Gasteiger charge is 2.37. The van der Waals surface area contributed by atoms with Gasteiger partial charge in [-0.15, -0.1) is 0 Å². The minimum Gasteiger partial charge on any atom is -0.460 e. The van der Waals surface area contributed by atoms with Crippen LogP contribution < -0.4 is 0 Å². The molecule has 0 unspecified atom stereocenters. The summed E-state index contributed by atoms with van der Waals surface area (Å²) in [5, 5.41) is 0. The lowest BCUT2D eigenvalue weighted by Crippen LogP contribution is -2.25. The fourth-order valence-corrected chi connectivity index (χ4v) is 2.63. The summed E-state index contributed by atoms with van der Waals surface area (Å²) in [6.45, 7) is 3.66. The first-order chi connectivity index (χ1) is 9.48. The third-order valence-corrected chi connectivity index (χ3v) is 3.79. The first-order valence-corrected chi connectivity index (χ1v) is 6.94. The summed E-state index contributed by atoms with van der Waals surface area (Å²) in [5.74, 6) is -1.10. The summed E-state index contributed by atoms with van der Waals surface area (Å²) >= 11 is 0. The van der Waals surface area contributed by atoms with E-state index in [9.17, 15) is 13.6 Å². The van der Waals surface area contributed by atoms with Gasteiger partial charge in [0, 0.05) is 5.41 Å². The molecule has 20 heavy (non-hydrogen) atoms. The van der Waals surface area contributed by atoms with Gasteiger partial charge in [0.15, 0.2) is 5.69 Å². The van der Waals surface area contributed by atoms with Gasteiger partial charge in [-0.3, -0.25) is 0 Å². The molecule has 1 aromatic rings. The van der Waals surface area contributed by atoms with Gasteiger partial charge in [0.1, 0.15) is 0 Å². The topological polar surface area (TPSA) is 52.3 Å². The van der Waals surface area contributed by atoms with Crippen molar-refractivity contribution in [1.29, 1.82) is 0 Å². The van der Waals surface area contributed by atoms with Crippen molar-refractivity contribution in [2.75, 3.05) is 6.61 Å². The molecule has 0 amide bonds. The molecule has 0 atom stereocenters. The van der Waals surface area contributed by atoms with E-state index < -0.39 is 23.8 Å². The molecule has 0 aromatic carbocycles. The van der Waals surface area contributed by atoms with Crippen LogP contribution in [0.2, 0.25) is 0 Å². The number of ether oxygens (including phenoxy) is 1. The molecular formula is C14H19F2NO3. The summed E-state index contributed by atoms with van der Waals surface area (Å²) in [4.78, 5) is 15.6. The number of nitrogens with zero attached hydrogens (tertiary/aromatic N) is 1. The van der Waals surface area contributed by atoms with Crippen LogP contribution in [-0.4, -0.2) is 17.6 Å². The normalized spacial score (nSPS) is 18.2. The largest absolute Gasteiger partial charge is 0.460 e. The number of alkyl halides is 2. The van der Waals surface area contributed by atoms with Crippen molar-refractivity contribution >= 4 is 5.97 Å². The van der Waals surface area contributed by atoms with Crippen LogP contribution in [0.3, 0.4) is 0 Å². The molecule has 1 saturated carbocycles. The Kier molecular flexibility index (Phi) is 4.40. The van der Waals surface area contributed by atoms with E-state index in [1.54, 1.807) is 6.92 Å². The Balaban J connectivity index is 2.35. The van der Waals surface area contributed by atoms with Crippen molar-refractivity contribution in [3.63, 3.8) is 0 Å². The van der Waals surface area contributed by atoms with E-state index in [0.717, 1.165) is 32.1 Å². The average Bonchev–Trinajstić information content (AvgIpc) is 2.86. The third-order valence-electron chi connectivity index (χ3n) is 3.79. The lowest BCUT2D eigenvalue weighted by molar-refractivity contribution is 0.0470. The number of esters is 1. The van der Waals surface area contributed by atoms with Crippen LogP contribution >= 0.6 is 0 Å². The lowest BCUT2D eigenvalue weighted by Gasteiger charge is -2.30. The Labute approximate surface area is 116 Å². The van der Waals surface area contributed by atoms with Crippen LogP contribution in [0.5, 0.6) is 0 Å². The van der Waals surface area contributed by atoms with E-state index >= 15 is 0 Å². The van der Waals surface area contributed by atoms with Gasteiger partial charge in [0.25, 0.3) is 6.43 Å². The maximum atomic E-state index is 13.0. The predicted octanol–water partition coefficient (Wildman–Crippen LogP) is 4.01. The van der Waals surface area contributed by atoms with Gasteiger partial charge in [-0.1, -0.05) is 26.2 Å². The molecule has 0 spiro atoms. The van der Waals surface area contributed by atoms with E-state index in [0.29, 0.717) is 0 Å². The van der Waals surface area contributed by atoms with Crippen molar-refractivity contribution in [3.8, 4) is 0 Å². The Hall–Kier alpha value is -1.46. The second kappa shape index (κ2) is 5.89. The van der Waals surface area contributed by atoms with E-state index in [4.69, 9.17) is 9.15 Å². The second-order valence-electron chi connectivity index (χ2n) is 5.38. The van der Waals surface area contributed by atoms with Crippen molar-refractivity contribution in [2.45, 2.75) is 57.8 Å². The maximum Gasteiger partial charge on any atom is 0.376 e. The molecule has 1 aliphatic rings. The molecule has 0 bridgehead atoms. The molecule has 0 radical (unpaired) electrons. The molecule has 2 rings (SSSR count).